The maximum Gasteiger partial charge on any atom is 0.409 e. The number of halogens is 1. The molecule has 2 aromatic rings. The van der Waals surface area contributed by atoms with Crippen molar-refractivity contribution in [3.05, 3.63) is 58.6 Å². The van der Waals surface area contributed by atoms with Crippen molar-refractivity contribution in [2.24, 2.45) is 0 Å². The van der Waals surface area contributed by atoms with Gasteiger partial charge in [-0.2, -0.15) is 0 Å². The number of carbonyl (C=O) groups excluding carboxylic acids is 3. The second-order valence-corrected chi connectivity index (χ2v) is 8.97. The van der Waals surface area contributed by atoms with Crippen LogP contribution < -0.4 is 15.5 Å². The Balaban J connectivity index is 1.62. The Morgan fingerprint density at radius 3 is 2.46 bits per heavy atom. The number of ether oxygens (including phenoxy) is 1. The summed E-state index contributed by atoms with van der Waals surface area (Å²) in [5.74, 6) is -0.379. The molecule has 0 unspecified atom stereocenters. The summed E-state index contributed by atoms with van der Waals surface area (Å²) < 4.78 is 4.87. The van der Waals surface area contributed by atoms with Gasteiger partial charge >= 0.3 is 6.09 Å². The molecular weight excluding hydrogens is 470 g/mol. The van der Waals surface area contributed by atoms with Gasteiger partial charge in [-0.25, -0.2) is 4.79 Å². The summed E-state index contributed by atoms with van der Waals surface area (Å²) in [7, 11) is 1.38. The van der Waals surface area contributed by atoms with Crippen molar-refractivity contribution in [1.82, 2.24) is 15.1 Å². The molecule has 0 saturated carbocycles. The van der Waals surface area contributed by atoms with E-state index in [2.05, 4.69) is 15.5 Å². The van der Waals surface area contributed by atoms with Crippen LogP contribution in [-0.2, 0) is 4.74 Å². The fourth-order valence-corrected chi connectivity index (χ4v) is 4.58. The summed E-state index contributed by atoms with van der Waals surface area (Å²) in [6.45, 7) is 5.14. The number of hydrogen-bond acceptors (Lipinski definition) is 6. The topological polar surface area (TPSA) is 94.2 Å². The highest BCUT2D eigenvalue weighted by molar-refractivity contribution is 6.31. The third-order valence-corrected chi connectivity index (χ3v) is 6.49. The molecule has 2 aliphatic rings. The van der Waals surface area contributed by atoms with Crippen LogP contribution in [0.3, 0.4) is 0 Å². The van der Waals surface area contributed by atoms with E-state index < -0.39 is 0 Å². The molecule has 0 aromatic heterocycles. The zero-order valence-electron chi connectivity index (χ0n) is 19.8. The molecule has 2 aromatic carbocycles. The van der Waals surface area contributed by atoms with Crippen LogP contribution in [0.1, 0.15) is 27.1 Å². The molecule has 186 valence electrons. The van der Waals surface area contributed by atoms with Gasteiger partial charge in [-0.3, -0.25) is 9.59 Å². The maximum absolute atomic E-state index is 13.1. The lowest BCUT2D eigenvalue weighted by molar-refractivity contribution is 0.0735. The summed E-state index contributed by atoms with van der Waals surface area (Å²) in [5.41, 5.74) is 2.28. The minimum Gasteiger partial charge on any atom is -0.453 e. The van der Waals surface area contributed by atoms with E-state index in [1.807, 2.05) is 11.0 Å². The van der Waals surface area contributed by atoms with Crippen molar-refractivity contribution in [3.8, 4) is 0 Å². The number of anilines is 2. The quantitative estimate of drug-likeness (QED) is 0.671. The van der Waals surface area contributed by atoms with Crippen LogP contribution in [0, 0.1) is 0 Å². The fraction of sp³-hybridized carbons (Fsp3) is 0.400. The first kappa shape index (κ1) is 24.8. The molecule has 2 fully saturated rings. The zero-order valence-corrected chi connectivity index (χ0v) is 20.5. The zero-order chi connectivity index (χ0) is 24.8. The molecule has 0 atom stereocenters. The second-order valence-electron chi connectivity index (χ2n) is 8.54. The van der Waals surface area contributed by atoms with Gasteiger partial charge in [0.05, 0.1) is 18.5 Å². The molecule has 4 rings (SSSR count). The Bertz CT molecular complexity index is 1090. The molecule has 35 heavy (non-hydrogen) atoms. The molecule has 9 nitrogen and oxygen atoms in total. The first-order valence-electron chi connectivity index (χ1n) is 11.7. The summed E-state index contributed by atoms with van der Waals surface area (Å²) in [4.78, 5) is 43.8. The monoisotopic (exact) mass is 499 g/mol. The summed E-state index contributed by atoms with van der Waals surface area (Å²) >= 11 is 6.08. The fourth-order valence-electron chi connectivity index (χ4n) is 4.39. The number of nitrogens with one attached hydrogen (secondary N) is 2. The van der Waals surface area contributed by atoms with Crippen LogP contribution >= 0.6 is 11.6 Å². The standard InChI is InChI=1S/C25H30ClN5O4/c1-35-25(34)31-11-3-10-29(14-15-31)22-7-6-19(24(33)30-12-8-27-9-13-30)17-21(22)28-23(32)18-4-2-5-20(26)16-18/h2,4-7,16-17,27H,3,8-15H2,1H3,(H,28,32). The van der Waals surface area contributed by atoms with Gasteiger partial charge in [0.2, 0.25) is 0 Å². The van der Waals surface area contributed by atoms with Gasteiger partial charge in [-0.05, 0) is 42.8 Å². The number of hydrogen-bond donors (Lipinski definition) is 2. The Labute approximate surface area is 210 Å². The number of piperazine rings is 1. The van der Waals surface area contributed by atoms with Crippen LogP contribution in [0.4, 0.5) is 16.2 Å². The van der Waals surface area contributed by atoms with Gasteiger partial charge < -0.3 is 30.1 Å². The highest BCUT2D eigenvalue weighted by Crippen LogP contribution is 2.30. The normalized spacial score (nSPS) is 16.5. The summed E-state index contributed by atoms with van der Waals surface area (Å²) in [5, 5.41) is 6.71. The van der Waals surface area contributed by atoms with Crippen molar-refractivity contribution < 1.29 is 19.1 Å². The Morgan fingerprint density at radius 2 is 1.71 bits per heavy atom. The molecule has 2 heterocycles. The van der Waals surface area contributed by atoms with Gasteiger partial charge in [-0.15, -0.1) is 0 Å². The molecule has 0 radical (unpaired) electrons. The molecule has 3 amide bonds. The third kappa shape index (κ3) is 6.04. The van der Waals surface area contributed by atoms with Crippen molar-refractivity contribution in [2.75, 3.05) is 69.7 Å². The van der Waals surface area contributed by atoms with E-state index in [-0.39, 0.29) is 17.9 Å². The number of rotatable bonds is 4. The van der Waals surface area contributed by atoms with Crippen molar-refractivity contribution >= 4 is 40.9 Å². The third-order valence-electron chi connectivity index (χ3n) is 6.25. The minimum absolute atomic E-state index is 0.0657. The van der Waals surface area contributed by atoms with Gasteiger partial charge in [0.15, 0.2) is 0 Å². The molecule has 0 spiro atoms. The van der Waals surface area contributed by atoms with Crippen molar-refractivity contribution in [2.45, 2.75) is 6.42 Å². The molecule has 2 N–H and O–H groups in total. The highest BCUT2D eigenvalue weighted by Gasteiger charge is 2.24. The van der Waals surface area contributed by atoms with Crippen molar-refractivity contribution in [1.29, 1.82) is 0 Å². The predicted octanol–water partition coefficient (Wildman–Crippen LogP) is 2.92. The Kier molecular flexibility index (Phi) is 8.09. The number of amides is 3. The van der Waals surface area contributed by atoms with E-state index in [1.54, 1.807) is 41.3 Å². The van der Waals surface area contributed by atoms with Crippen molar-refractivity contribution in [3.63, 3.8) is 0 Å². The van der Waals surface area contributed by atoms with Crippen LogP contribution in [0.5, 0.6) is 0 Å². The van der Waals surface area contributed by atoms with Crippen LogP contribution in [0.2, 0.25) is 5.02 Å². The van der Waals surface area contributed by atoms with E-state index in [4.69, 9.17) is 16.3 Å². The lowest BCUT2D eigenvalue weighted by Crippen LogP contribution is -2.46. The molecule has 2 aliphatic heterocycles. The highest BCUT2D eigenvalue weighted by atomic mass is 35.5. The SMILES string of the molecule is COC(=O)N1CCCN(c2ccc(C(=O)N3CCNCC3)cc2NC(=O)c2cccc(Cl)c2)CC1. The molecular formula is C25H30ClN5O4. The lowest BCUT2D eigenvalue weighted by atomic mass is 10.1. The van der Waals surface area contributed by atoms with E-state index in [0.29, 0.717) is 61.1 Å². The molecule has 2 saturated heterocycles. The predicted molar refractivity (Wildman–Crippen MR) is 135 cm³/mol. The maximum atomic E-state index is 13.1. The second kappa shape index (κ2) is 11.4. The number of nitrogens with zero attached hydrogens (tertiary/aromatic N) is 3. The molecule has 0 bridgehead atoms. The van der Waals surface area contributed by atoms with E-state index in [9.17, 15) is 14.4 Å². The average molecular weight is 500 g/mol. The number of carbonyl (C=O) groups is 3. The van der Waals surface area contributed by atoms with Gasteiger partial charge in [0.1, 0.15) is 0 Å². The first-order chi connectivity index (χ1) is 17.0. The summed E-state index contributed by atoms with van der Waals surface area (Å²) in [6, 6.07) is 12.1. The number of benzene rings is 2. The molecule has 10 heteroatoms. The Hall–Kier alpha value is -3.30. The average Bonchev–Trinajstić information content (AvgIpc) is 3.14. The van der Waals surface area contributed by atoms with Crippen LogP contribution in [0.15, 0.2) is 42.5 Å². The van der Waals surface area contributed by atoms with Crippen LogP contribution in [-0.4, -0.2) is 87.2 Å². The van der Waals surface area contributed by atoms with Gasteiger partial charge in [0.25, 0.3) is 11.8 Å². The minimum atomic E-state index is -0.349. The van der Waals surface area contributed by atoms with E-state index in [1.165, 1.54) is 7.11 Å². The first-order valence-corrected chi connectivity index (χ1v) is 12.1. The number of methoxy groups -OCH3 is 1. The largest absolute Gasteiger partial charge is 0.453 e. The Morgan fingerprint density at radius 1 is 0.914 bits per heavy atom. The summed E-state index contributed by atoms with van der Waals surface area (Å²) in [6.07, 6.45) is 0.399. The molecule has 0 aliphatic carbocycles. The van der Waals surface area contributed by atoms with Crippen LogP contribution in [0.25, 0.3) is 0 Å². The van der Waals surface area contributed by atoms with E-state index >= 15 is 0 Å². The van der Waals surface area contributed by atoms with Gasteiger partial charge in [0, 0.05) is 68.5 Å². The van der Waals surface area contributed by atoms with Gasteiger partial charge in [-0.1, -0.05) is 17.7 Å². The smallest absolute Gasteiger partial charge is 0.409 e. The lowest BCUT2D eigenvalue weighted by Gasteiger charge is -2.29. The van der Waals surface area contributed by atoms with E-state index in [0.717, 1.165) is 25.2 Å².